The minimum atomic E-state index is -0.799. The maximum absolute atomic E-state index is 12.3. The van der Waals surface area contributed by atoms with Gasteiger partial charge in [0.2, 0.25) is 5.78 Å². The van der Waals surface area contributed by atoms with Gasteiger partial charge in [-0.2, -0.15) is 0 Å². The molecular weight excluding hydrogens is 346 g/mol. The van der Waals surface area contributed by atoms with Crippen molar-refractivity contribution in [2.75, 3.05) is 0 Å². The van der Waals surface area contributed by atoms with E-state index >= 15 is 0 Å². The van der Waals surface area contributed by atoms with Crippen molar-refractivity contribution >= 4 is 28.1 Å². The van der Waals surface area contributed by atoms with Gasteiger partial charge in [0.1, 0.15) is 5.52 Å². The number of furan rings is 1. The lowest BCUT2D eigenvalue weighted by molar-refractivity contribution is -0.393. The second-order valence-electron chi connectivity index (χ2n) is 5.52. The third kappa shape index (κ3) is 2.83. The molecule has 0 bridgehead atoms. The van der Waals surface area contributed by atoms with Crippen molar-refractivity contribution in [2.24, 2.45) is 7.05 Å². The van der Waals surface area contributed by atoms with Crippen molar-refractivity contribution in [3.05, 3.63) is 78.5 Å². The smallest absolute Gasteiger partial charge is 0.300 e. The van der Waals surface area contributed by atoms with Crippen molar-refractivity contribution in [3.8, 4) is 0 Å². The highest BCUT2D eigenvalue weighted by molar-refractivity contribution is 5.99. The fraction of sp³-hybridized carbons (Fsp3) is 0.125. The summed E-state index contributed by atoms with van der Waals surface area (Å²) in [5, 5.41) is 22.6. The van der Waals surface area contributed by atoms with Gasteiger partial charge in [-0.1, -0.05) is 0 Å². The Hall–Kier alpha value is -3.82. The van der Waals surface area contributed by atoms with Gasteiger partial charge >= 0.3 is 0 Å². The first-order valence-corrected chi connectivity index (χ1v) is 7.31. The number of Topliss-reactive ketones (excluding diaryl/α,β-unsaturated/α-hetero) is 1. The normalized spacial score (nSPS) is 10.8. The predicted molar refractivity (Wildman–Crippen MR) is 89.2 cm³/mol. The average Bonchev–Trinajstić information content (AvgIpc) is 3.12. The van der Waals surface area contributed by atoms with Crippen molar-refractivity contribution in [1.82, 2.24) is 4.57 Å². The molecule has 0 unspecified atom stereocenters. The second-order valence-corrected chi connectivity index (χ2v) is 5.52. The number of hydrogen-bond acceptors (Lipinski definition) is 7. The van der Waals surface area contributed by atoms with Crippen LogP contribution in [0.25, 0.3) is 10.9 Å². The van der Waals surface area contributed by atoms with E-state index in [1.54, 1.807) is 0 Å². The summed E-state index contributed by atoms with van der Waals surface area (Å²) in [5.74, 6) is -0.405. The predicted octanol–water partition coefficient (Wildman–Crippen LogP) is 2.37. The largest absolute Gasteiger partial charge is 0.461 e. The van der Waals surface area contributed by atoms with Crippen molar-refractivity contribution < 1.29 is 19.1 Å². The summed E-state index contributed by atoms with van der Waals surface area (Å²) in [4.78, 5) is 45.4. The van der Waals surface area contributed by atoms with Crippen molar-refractivity contribution in [2.45, 2.75) is 6.42 Å². The second kappa shape index (κ2) is 6.24. The molecule has 0 saturated carbocycles. The lowest BCUT2D eigenvalue weighted by atomic mass is 10.0. The van der Waals surface area contributed by atoms with E-state index in [9.17, 15) is 29.8 Å². The number of non-ortho nitro benzene ring substituents is 2. The highest BCUT2D eigenvalue weighted by Gasteiger charge is 2.24. The molecule has 0 saturated heterocycles. The Morgan fingerprint density at radius 3 is 2.50 bits per heavy atom. The summed E-state index contributed by atoms with van der Waals surface area (Å²) in [5.41, 5.74) is -1.60. The molecule has 3 aromatic rings. The number of benzene rings is 1. The first kappa shape index (κ1) is 17.0. The number of nitro benzene ring substituents is 2. The molecule has 0 aliphatic rings. The summed E-state index contributed by atoms with van der Waals surface area (Å²) in [7, 11) is 1.32. The Bertz CT molecular complexity index is 1110. The summed E-state index contributed by atoms with van der Waals surface area (Å²) < 4.78 is 6.03. The summed E-state index contributed by atoms with van der Waals surface area (Å²) in [6, 6.07) is 6.00. The number of fused-ring (bicyclic) bond motifs is 1. The molecule has 132 valence electrons. The molecule has 0 amide bonds. The van der Waals surface area contributed by atoms with Crippen LogP contribution in [0.2, 0.25) is 0 Å². The third-order valence-electron chi connectivity index (χ3n) is 3.94. The zero-order valence-electron chi connectivity index (χ0n) is 13.4. The van der Waals surface area contributed by atoms with Gasteiger partial charge in [-0.25, -0.2) is 0 Å². The highest BCUT2D eigenvalue weighted by atomic mass is 16.6. The number of hydrogen-bond donors (Lipinski definition) is 0. The number of rotatable bonds is 5. The van der Waals surface area contributed by atoms with E-state index in [1.165, 1.54) is 25.4 Å². The molecule has 3 rings (SSSR count). The summed E-state index contributed by atoms with van der Waals surface area (Å²) in [6.45, 7) is 0. The zero-order valence-corrected chi connectivity index (χ0v) is 13.4. The van der Waals surface area contributed by atoms with E-state index in [1.807, 2.05) is 0 Å². The van der Waals surface area contributed by atoms with Crippen LogP contribution in [-0.2, 0) is 13.5 Å². The molecule has 0 aliphatic carbocycles. The standard InChI is InChI=1S/C16H11N3O7/c1-17-15(21)6-9(5-13(20)14-3-2-4-26-14)11-7-10(18(22)23)8-12(16(11)17)19(24)25/h2-4,6-8H,5H2,1H3. The van der Waals surface area contributed by atoms with Gasteiger partial charge < -0.3 is 8.98 Å². The van der Waals surface area contributed by atoms with Crippen LogP contribution >= 0.6 is 0 Å². The molecule has 2 aromatic heterocycles. The van der Waals surface area contributed by atoms with E-state index in [4.69, 9.17) is 4.42 Å². The molecule has 1 aromatic carbocycles. The van der Waals surface area contributed by atoms with Crippen LogP contribution < -0.4 is 5.56 Å². The van der Waals surface area contributed by atoms with Crippen LogP contribution in [-0.4, -0.2) is 20.2 Å². The fourth-order valence-electron chi connectivity index (χ4n) is 2.72. The first-order valence-electron chi connectivity index (χ1n) is 7.31. The van der Waals surface area contributed by atoms with Crippen molar-refractivity contribution in [1.29, 1.82) is 0 Å². The molecule has 0 radical (unpaired) electrons. The molecule has 0 fully saturated rings. The summed E-state index contributed by atoms with van der Waals surface area (Å²) in [6.07, 6.45) is 1.02. The average molecular weight is 357 g/mol. The minimum Gasteiger partial charge on any atom is -0.461 e. The molecular formula is C16H11N3O7. The van der Waals surface area contributed by atoms with Gasteiger partial charge in [0, 0.05) is 31.0 Å². The van der Waals surface area contributed by atoms with Crippen LogP contribution in [0.1, 0.15) is 16.1 Å². The lowest BCUT2D eigenvalue weighted by Gasteiger charge is -2.10. The van der Waals surface area contributed by atoms with Gasteiger partial charge in [0.05, 0.1) is 22.2 Å². The van der Waals surface area contributed by atoms with Crippen LogP contribution in [0, 0.1) is 20.2 Å². The molecule has 0 N–H and O–H groups in total. The monoisotopic (exact) mass is 357 g/mol. The Balaban J connectivity index is 2.31. The quantitative estimate of drug-likeness (QED) is 0.388. The van der Waals surface area contributed by atoms with E-state index in [0.29, 0.717) is 0 Å². The molecule has 0 spiro atoms. The van der Waals surface area contributed by atoms with Gasteiger partial charge in [-0.05, 0) is 17.7 Å². The number of pyridine rings is 1. The van der Waals surface area contributed by atoms with E-state index in [0.717, 1.165) is 22.8 Å². The summed E-state index contributed by atoms with van der Waals surface area (Å²) >= 11 is 0. The first-order chi connectivity index (χ1) is 12.3. The Kier molecular flexibility index (Phi) is 4.08. The van der Waals surface area contributed by atoms with Crippen LogP contribution in [0.3, 0.4) is 0 Å². The van der Waals surface area contributed by atoms with Gasteiger partial charge in [0.15, 0.2) is 5.76 Å². The maximum Gasteiger partial charge on any atom is 0.300 e. The molecule has 10 heteroatoms. The number of nitrogens with zero attached hydrogens (tertiary/aromatic N) is 3. The Morgan fingerprint density at radius 1 is 1.19 bits per heavy atom. The maximum atomic E-state index is 12.3. The Labute approximate surface area is 144 Å². The number of aromatic nitrogens is 1. The number of aryl methyl sites for hydroxylation is 1. The number of carbonyl (C=O) groups is 1. The van der Waals surface area contributed by atoms with E-state index in [-0.39, 0.29) is 28.6 Å². The molecule has 0 aliphatic heterocycles. The SMILES string of the molecule is Cn1c(=O)cc(CC(=O)c2ccco2)c2cc([N+](=O)[O-])cc([N+](=O)[O-])c21. The van der Waals surface area contributed by atoms with Gasteiger partial charge in [-0.15, -0.1) is 0 Å². The molecule has 10 nitrogen and oxygen atoms in total. The topological polar surface area (TPSA) is 138 Å². The van der Waals surface area contributed by atoms with Crippen molar-refractivity contribution in [3.63, 3.8) is 0 Å². The fourth-order valence-corrected chi connectivity index (χ4v) is 2.72. The van der Waals surface area contributed by atoms with Crippen LogP contribution in [0.15, 0.2) is 45.8 Å². The van der Waals surface area contributed by atoms with E-state index in [2.05, 4.69) is 0 Å². The van der Waals surface area contributed by atoms with Gasteiger partial charge in [0.25, 0.3) is 16.9 Å². The number of nitro groups is 2. The Morgan fingerprint density at radius 2 is 1.92 bits per heavy atom. The van der Waals surface area contributed by atoms with E-state index < -0.39 is 32.6 Å². The van der Waals surface area contributed by atoms with Crippen LogP contribution in [0.5, 0.6) is 0 Å². The molecule has 0 atom stereocenters. The van der Waals surface area contributed by atoms with Crippen LogP contribution in [0.4, 0.5) is 11.4 Å². The van der Waals surface area contributed by atoms with Gasteiger partial charge in [-0.3, -0.25) is 29.8 Å². The molecule has 26 heavy (non-hydrogen) atoms. The third-order valence-corrected chi connectivity index (χ3v) is 3.94. The zero-order chi connectivity index (χ0) is 19.0. The number of carbonyl (C=O) groups excluding carboxylic acids is 1. The highest BCUT2D eigenvalue weighted by Crippen LogP contribution is 2.32. The lowest BCUT2D eigenvalue weighted by Crippen LogP contribution is -2.19. The molecule has 2 heterocycles. The number of ketones is 1. The minimum absolute atomic E-state index is 0.0544.